The number of carbonyl (C=O) groups excluding carboxylic acids is 1. The van der Waals surface area contributed by atoms with Crippen molar-refractivity contribution in [2.45, 2.75) is 32.6 Å². The Morgan fingerprint density at radius 2 is 2.22 bits per heavy atom. The Balaban J connectivity index is 2.43. The van der Waals surface area contributed by atoms with Crippen LogP contribution in [0.1, 0.15) is 32.6 Å². The van der Waals surface area contributed by atoms with E-state index in [2.05, 4.69) is 6.92 Å². The summed E-state index contributed by atoms with van der Waals surface area (Å²) in [6.07, 6.45) is 4.08. The van der Waals surface area contributed by atoms with E-state index in [4.69, 9.17) is 11.6 Å². The second-order valence-corrected chi connectivity index (χ2v) is 3.15. The van der Waals surface area contributed by atoms with Crippen molar-refractivity contribution in [2.24, 2.45) is 5.41 Å². The fourth-order valence-electron chi connectivity index (χ4n) is 1.17. The van der Waals surface area contributed by atoms with Crippen LogP contribution in [-0.2, 0) is 4.79 Å². The third-order valence-corrected chi connectivity index (χ3v) is 2.40. The molecule has 9 heavy (non-hydrogen) atoms. The van der Waals surface area contributed by atoms with Crippen LogP contribution in [0.3, 0.4) is 0 Å². The van der Waals surface area contributed by atoms with Crippen LogP contribution < -0.4 is 0 Å². The Kier molecular flexibility index (Phi) is 1.80. The second kappa shape index (κ2) is 2.30. The topological polar surface area (TPSA) is 17.1 Å². The molecule has 1 fully saturated rings. The molecule has 0 heterocycles. The maximum atomic E-state index is 10.7. The van der Waals surface area contributed by atoms with Crippen molar-refractivity contribution in [2.75, 3.05) is 0 Å². The lowest BCUT2D eigenvalue weighted by atomic mass is 10.0. The van der Waals surface area contributed by atoms with E-state index in [0.29, 0.717) is 0 Å². The molecule has 1 aliphatic carbocycles. The van der Waals surface area contributed by atoms with Gasteiger partial charge in [0.15, 0.2) is 0 Å². The van der Waals surface area contributed by atoms with E-state index in [1.54, 1.807) is 0 Å². The zero-order valence-corrected chi connectivity index (χ0v) is 6.37. The number of hydrogen-bond acceptors (Lipinski definition) is 1. The summed E-state index contributed by atoms with van der Waals surface area (Å²) in [4.78, 5) is 10.7. The van der Waals surface area contributed by atoms with Crippen LogP contribution in [0.25, 0.3) is 0 Å². The summed E-state index contributed by atoms with van der Waals surface area (Å²) in [5, 5.41) is -0.121. The summed E-state index contributed by atoms with van der Waals surface area (Å²) in [6.45, 7) is 2.08. The average Bonchev–Trinajstić information content (AvgIpc) is 2.49. The standard InChI is InChI=1S/C7H11ClO/c1-2-3-7(4-5-7)6(8)9/h2-5H2,1H3. The van der Waals surface area contributed by atoms with Gasteiger partial charge in [0.2, 0.25) is 5.24 Å². The van der Waals surface area contributed by atoms with E-state index in [9.17, 15) is 4.79 Å². The van der Waals surface area contributed by atoms with Gasteiger partial charge in [0.05, 0.1) is 0 Å². The van der Waals surface area contributed by atoms with E-state index in [-0.39, 0.29) is 10.7 Å². The fourth-order valence-corrected chi connectivity index (χ4v) is 1.46. The molecule has 0 atom stereocenters. The summed E-state index contributed by atoms with van der Waals surface area (Å²) in [6, 6.07) is 0. The molecule has 0 radical (unpaired) electrons. The van der Waals surface area contributed by atoms with Gasteiger partial charge in [-0.05, 0) is 30.9 Å². The van der Waals surface area contributed by atoms with Gasteiger partial charge in [-0.15, -0.1) is 0 Å². The Morgan fingerprint density at radius 1 is 1.67 bits per heavy atom. The first-order valence-electron chi connectivity index (χ1n) is 3.41. The molecule has 0 spiro atoms. The quantitative estimate of drug-likeness (QED) is 0.559. The molecular weight excluding hydrogens is 136 g/mol. The van der Waals surface area contributed by atoms with Crippen molar-refractivity contribution in [1.29, 1.82) is 0 Å². The second-order valence-electron chi connectivity index (χ2n) is 2.80. The minimum atomic E-state index is -0.121. The van der Waals surface area contributed by atoms with Crippen LogP contribution in [0.4, 0.5) is 0 Å². The molecule has 1 rings (SSSR count). The Morgan fingerprint density at radius 3 is 2.33 bits per heavy atom. The molecule has 1 aliphatic rings. The molecule has 0 saturated heterocycles. The van der Waals surface area contributed by atoms with Gasteiger partial charge >= 0.3 is 0 Å². The van der Waals surface area contributed by atoms with Crippen molar-refractivity contribution in [3.8, 4) is 0 Å². The van der Waals surface area contributed by atoms with Crippen LogP contribution in [0.2, 0.25) is 0 Å². The Labute approximate surface area is 60.4 Å². The summed E-state index contributed by atoms with van der Waals surface area (Å²) >= 11 is 5.37. The zero-order valence-electron chi connectivity index (χ0n) is 5.61. The number of halogens is 1. The van der Waals surface area contributed by atoms with Gasteiger partial charge < -0.3 is 0 Å². The van der Waals surface area contributed by atoms with Gasteiger partial charge in [0.25, 0.3) is 0 Å². The minimum Gasteiger partial charge on any atom is -0.281 e. The lowest BCUT2D eigenvalue weighted by Crippen LogP contribution is -2.07. The molecule has 0 bridgehead atoms. The molecule has 0 unspecified atom stereocenters. The lowest BCUT2D eigenvalue weighted by Gasteiger charge is -2.04. The van der Waals surface area contributed by atoms with E-state index in [0.717, 1.165) is 25.7 Å². The molecule has 0 aromatic carbocycles. The third-order valence-electron chi connectivity index (χ3n) is 2.00. The molecular formula is C7H11ClO. The highest BCUT2D eigenvalue weighted by Gasteiger charge is 2.47. The molecule has 0 aromatic heterocycles. The smallest absolute Gasteiger partial charge is 0.227 e. The highest BCUT2D eigenvalue weighted by molar-refractivity contribution is 6.65. The van der Waals surface area contributed by atoms with Crippen molar-refractivity contribution < 1.29 is 4.79 Å². The Bertz CT molecular complexity index is 127. The van der Waals surface area contributed by atoms with Crippen molar-refractivity contribution >= 4 is 16.8 Å². The van der Waals surface area contributed by atoms with Gasteiger partial charge in [-0.2, -0.15) is 0 Å². The monoisotopic (exact) mass is 146 g/mol. The van der Waals surface area contributed by atoms with E-state index in [1.807, 2.05) is 0 Å². The van der Waals surface area contributed by atoms with Crippen LogP contribution in [0.15, 0.2) is 0 Å². The first-order valence-corrected chi connectivity index (χ1v) is 3.79. The van der Waals surface area contributed by atoms with Crippen LogP contribution >= 0.6 is 11.6 Å². The van der Waals surface area contributed by atoms with E-state index in [1.165, 1.54) is 0 Å². The maximum absolute atomic E-state index is 10.7. The predicted molar refractivity (Wildman–Crippen MR) is 37.4 cm³/mol. The SMILES string of the molecule is CCCC1(C(=O)Cl)CC1. The molecule has 0 N–H and O–H groups in total. The van der Waals surface area contributed by atoms with Crippen molar-refractivity contribution in [1.82, 2.24) is 0 Å². The predicted octanol–water partition coefficient (Wildman–Crippen LogP) is 2.33. The number of hydrogen-bond donors (Lipinski definition) is 0. The first-order chi connectivity index (χ1) is 4.21. The first kappa shape index (κ1) is 7.07. The third kappa shape index (κ3) is 1.26. The normalized spacial score (nSPS) is 21.6. The van der Waals surface area contributed by atoms with Crippen molar-refractivity contribution in [3.05, 3.63) is 0 Å². The molecule has 0 aromatic rings. The lowest BCUT2D eigenvalue weighted by molar-refractivity contribution is -0.116. The molecule has 52 valence electrons. The van der Waals surface area contributed by atoms with E-state index < -0.39 is 0 Å². The van der Waals surface area contributed by atoms with Gasteiger partial charge in [0, 0.05) is 5.41 Å². The maximum Gasteiger partial charge on any atom is 0.227 e. The minimum absolute atomic E-state index is 0.0731. The summed E-state index contributed by atoms with van der Waals surface area (Å²) in [7, 11) is 0. The Hall–Kier alpha value is -0.0400. The number of rotatable bonds is 3. The highest BCUT2D eigenvalue weighted by atomic mass is 35.5. The largest absolute Gasteiger partial charge is 0.281 e. The fraction of sp³-hybridized carbons (Fsp3) is 0.857. The average molecular weight is 147 g/mol. The summed E-state index contributed by atoms with van der Waals surface area (Å²) in [5.74, 6) is 0. The van der Waals surface area contributed by atoms with Crippen LogP contribution in [0.5, 0.6) is 0 Å². The van der Waals surface area contributed by atoms with Gasteiger partial charge in [-0.3, -0.25) is 4.79 Å². The van der Waals surface area contributed by atoms with Gasteiger partial charge in [0.1, 0.15) is 0 Å². The molecule has 0 amide bonds. The van der Waals surface area contributed by atoms with Crippen molar-refractivity contribution in [3.63, 3.8) is 0 Å². The highest BCUT2D eigenvalue weighted by Crippen LogP contribution is 2.51. The molecule has 1 saturated carbocycles. The zero-order chi connectivity index (χ0) is 6.91. The van der Waals surface area contributed by atoms with Gasteiger partial charge in [-0.1, -0.05) is 13.3 Å². The molecule has 2 heteroatoms. The summed E-state index contributed by atoms with van der Waals surface area (Å²) < 4.78 is 0. The van der Waals surface area contributed by atoms with Gasteiger partial charge in [-0.25, -0.2) is 0 Å². The molecule has 1 nitrogen and oxygen atoms in total. The number of carbonyl (C=O) groups is 1. The summed E-state index contributed by atoms with van der Waals surface area (Å²) in [5.41, 5.74) is -0.0731. The van der Waals surface area contributed by atoms with Crippen LogP contribution in [0, 0.1) is 5.41 Å². The molecule has 0 aliphatic heterocycles. The van der Waals surface area contributed by atoms with Crippen LogP contribution in [-0.4, -0.2) is 5.24 Å². The van der Waals surface area contributed by atoms with E-state index >= 15 is 0 Å².